The molecule has 1 unspecified atom stereocenters. The molecule has 1 heterocycles. The van der Waals surface area contributed by atoms with Gasteiger partial charge in [0, 0.05) is 31.5 Å². The predicted molar refractivity (Wildman–Crippen MR) is 77.4 cm³/mol. The van der Waals surface area contributed by atoms with Gasteiger partial charge in [-0.1, -0.05) is 6.07 Å². The number of nitrogen functional groups attached to an aromatic ring is 1. The van der Waals surface area contributed by atoms with E-state index in [9.17, 15) is 4.79 Å². The van der Waals surface area contributed by atoms with Crippen LogP contribution < -0.4 is 10.5 Å². The number of hydrogen-bond acceptors (Lipinski definition) is 4. The molecule has 0 aromatic heterocycles. The van der Waals surface area contributed by atoms with Gasteiger partial charge in [-0.15, -0.1) is 0 Å². The van der Waals surface area contributed by atoms with Crippen molar-refractivity contribution in [3.05, 3.63) is 24.3 Å². The van der Waals surface area contributed by atoms with E-state index in [4.69, 9.17) is 15.6 Å². The lowest BCUT2D eigenvalue weighted by Crippen LogP contribution is -2.41. The van der Waals surface area contributed by atoms with Crippen LogP contribution in [0, 0.1) is 5.92 Å². The van der Waals surface area contributed by atoms with Crippen molar-refractivity contribution in [2.45, 2.75) is 19.3 Å². The van der Waals surface area contributed by atoms with E-state index >= 15 is 0 Å². The van der Waals surface area contributed by atoms with Gasteiger partial charge in [-0.3, -0.25) is 4.79 Å². The highest BCUT2D eigenvalue weighted by Crippen LogP contribution is 2.17. The van der Waals surface area contributed by atoms with E-state index in [0.29, 0.717) is 31.0 Å². The quantitative estimate of drug-likeness (QED) is 0.795. The van der Waals surface area contributed by atoms with Gasteiger partial charge in [0.1, 0.15) is 5.75 Å². The third-order valence-corrected chi connectivity index (χ3v) is 3.57. The summed E-state index contributed by atoms with van der Waals surface area (Å²) >= 11 is 0. The number of nitrogens with zero attached hydrogens (tertiary/aromatic N) is 1. The first-order valence-corrected chi connectivity index (χ1v) is 7.06. The highest BCUT2D eigenvalue weighted by Gasteiger charge is 2.22. The number of piperidine rings is 1. The largest absolute Gasteiger partial charge is 0.493 e. The number of hydrogen-bond donors (Lipinski definition) is 2. The van der Waals surface area contributed by atoms with E-state index in [0.717, 1.165) is 19.4 Å². The molecular weight excluding hydrogens is 256 g/mol. The molecule has 5 heteroatoms. The van der Waals surface area contributed by atoms with Crippen molar-refractivity contribution in [1.82, 2.24) is 4.90 Å². The van der Waals surface area contributed by atoms with Crippen molar-refractivity contribution in [2.75, 3.05) is 32.0 Å². The summed E-state index contributed by atoms with van der Waals surface area (Å²) in [6, 6.07) is 7.18. The summed E-state index contributed by atoms with van der Waals surface area (Å²) in [5.41, 5.74) is 6.31. The van der Waals surface area contributed by atoms with Crippen molar-refractivity contribution in [2.24, 2.45) is 5.92 Å². The molecule has 1 aromatic rings. The molecule has 1 fully saturated rings. The molecule has 1 aliphatic rings. The van der Waals surface area contributed by atoms with Gasteiger partial charge < -0.3 is 20.5 Å². The minimum absolute atomic E-state index is 0.0899. The second-order valence-electron chi connectivity index (χ2n) is 5.20. The lowest BCUT2D eigenvalue weighted by atomic mass is 9.99. The SMILES string of the molecule is Nc1cccc(OCCC(=O)N2CCCC(CO)C2)c1. The van der Waals surface area contributed by atoms with E-state index in [1.807, 2.05) is 17.0 Å². The number of aliphatic hydroxyl groups excluding tert-OH is 1. The zero-order valence-corrected chi connectivity index (χ0v) is 11.6. The fourth-order valence-corrected chi connectivity index (χ4v) is 2.46. The second kappa shape index (κ2) is 7.14. The molecule has 1 aliphatic heterocycles. The minimum Gasteiger partial charge on any atom is -0.493 e. The first-order valence-electron chi connectivity index (χ1n) is 7.06. The number of anilines is 1. The van der Waals surface area contributed by atoms with E-state index in [1.165, 1.54) is 0 Å². The number of amides is 1. The lowest BCUT2D eigenvalue weighted by molar-refractivity contribution is -0.133. The van der Waals surface area contributed by atoms with E-state index < -0.39 is 0 Å². The van der Waals surface area contributed by atoms with Gasteiger partial charge in [-0.2, -0.15) is 0 Å². The predicted octanol–water partition coefficient (Wildman–Crippen LogP) is 1.27. The van der Waals surface area contributed by atoms with Crippen LogP contribution in [0.1, 0.15) is 19.3 Å². The Balaban J connectivity index is 1.75. The Bertz CT molecular complexity index is 450. The van der Waals surface area contributed by atoms with Crippen LogP contribution >= 0.6 is 0 Å². The molecule has 0 bridgehead atoms. The summed E-state index contributed by atoms with van der Waals surface area (Å²) in [5, 5.41) is 9.17. The van der Waals surface area contributed by atoms with Crippen LogP contribution in [0.15, 0.2) is 24.3 Å². The van der Waals surface area contributed by atoms with Gasteiger partial charge in [0.15, 0.2) is 0 Å². The maximum Gasteiger partial charge on any atom is 0.226 e. The summed E-state index contributed by atoms with van der Waals surface area (Å²) in [7, 11) is 0. The molecule has 0 saturated carbocycles. The van der Waals surface area contributed by atoms with Crippen molar-refractivity contribution >= 4 is 11.6 Å². The van der Waals surface area contributed by atoms with Gasteiger partial charge in [-0.05, 0) is 30.9 Å². The molecule has 110 valence electrons. The number of ether oxygens (including phenoxy) is 1. The van der Waals surface area contributed by atoms with E-state index in [1.54, 1.807) is 12.1 Å². The molecule has 1 amide bonds. The summed E-state index contributed by atoms with van der Waals surface area (Å²) in [6.45, 7) is 1.95. The normalized spacial score (nSPS) is 18.9. The van der Waals surface area contributed by atoms with Crippen LogP contribution in [0.3, 0.4) is 0 Å². The fourth-order valence-electron chi connectivity index (χ4n) is 2.46. The number of nitrogens with two attached hydrogens (primary N) is 1. The van der Waals surface area contributed by atoms with Gasteiger partial charge in [0.2, 0.25) is 5.91 Å². The zero-order chi connectivity index (χ0) is 14.4. The molecule has 5 nitrogen and oxygen atoms in total. The zero-order valence-electron chi connectivity index (χ0n) is 11.6. The van der Waals surface area contributed by atoms with Gasteiger partial charge in [0.25, 0.3) is 0 Å². The number of carbonyl (C=O) groups excluding carboxylic acids is 1. The van der Waals surface area contributed by atoms with Crippen LogP contribution in [-0.4, -0.2) is 42.2 Å². The molecule has 0 radical (unpaired) electrons. The maximum absolute atomic E-state index is 12.1. The molecule has 3 N–H and O–H groups in total. The topological polar surface area (TPSA) is 75.8 Å². The summed E-state index contributed by atoms with van der Waals surface area (Å²) in [5.74, 6) is 0.999. The molecule has 20 heavy (non-hydrogen) atoms. The van der Waals surface area contributed by atoms with Crippen molar-refractivity contribution < 1.29 is 14.6 Å². The number of likely N-dealkylation sites (tertiary alicyclic amines) is 1. The molecule has 1 atom stereocenters. The Morgan fingerprint density at radius 1 is 1.50 bits per heavy atom. The van der Waals surface area contributed by atoms with Crippen LogP contribution in [0.25, 0.3) is 0 Å². The number of benzene rings is 1. The van der Waals surface area contributed by atoms with E-state index in [-0.39, 0.29) is 18.4 Å². The van der Waals surface area contributed by atoms with Crippen molar-refractivity contribution in [3.8, 4) is 5.75 Å². The van der Waals surface area contributed by atoms with Gasteiger partial charge >= 0.3 is 0 Å². The van der Waals surface area contributed by atoms with Crippen LogP contribution in [0.4, 0.5) is 5.69 Å². The van der Waals surface area contributed by atoms with Crippen molar-refractivity contribution in [1.29, 1.82) is 0 Å². The number of rotatable bonds is 5. The Hall–Kier alpha value is -1.75. The van der Waals surface area contributed by atoms with Crippen LogP contribution in [0.5, 0.6) is 5.75 Å². The molecule has 1 saturated heterocycles. The van der Waals surface area contributed by atoms with Crippen LogP contribution in [-0.2, 0) is 4.79 Å². The Kier molecular flexibility index (Phi) is 5.24. The smallest absolute Gasteiger partial charge is 0.226 e. The van der Waals surface area contributed by atoms with E-state index in [2.05, 4.69) is 0 Å². The summed E-state index contributed by atoms with van der Waals surface area (Å²) in [4.78, 5) is 13.9. The molecule has 0 aliphatic carbocycles. The third kappa shape index (κ3) is 4.13. The van der Waals surface area contributed by atoms with Crippen LogP contribution in [0.2, 0.25) is 0 Å². The second-order valence-corrected chi connectivity index (χ2v) is 5.20. The third-order valence-electron chi connectivity index (χ3n) is 3.57. The maximum atomic E-state index is 12.1. The monoisotopic (exact) mass is 278 g/mol. The average Bonchev–Trinajstić information content (AvgIpc) is 2.47. The number of carbonyl (C=O) groups is 1. The first-order chi connectivity index (χ1) is 9.69. The Morgan fingerprint density at radius 3 is 3.10 bits per heavy atom. The highest BCUT2D eigenvalue weighted by atomic mass is 16.5. The summed E-state index contributed by atoms with van der Waals surface area (Å²) in [6.07, 6.45) is 2.32. The average molecular weight is 278 g/mol. The Morgan fingerprint density at radius 2 is 2.35 bits per heavy atom. The Labute approximate surface area is 119 Å². The minimum atomic E-state index is 0.0899. The number of aliphatic hydroxyl groups is 1. The lowest BCUT2D eigenvalue weighted by Gasteiger charge is -2.31. The first kappa shape index (κ1) is 14.7. The van der Waals surface area contributed by atoms with Gasteiger partial charge in [-0.25, -0.2) is 0 Å². The van der Waals surface area contributed by atoms with Gasteiger partial charge in [0.05, 0.1) is 13.0 Å². The molecule has 0 spiro atoms. The molecular formula is C15H22N2O3. The summed E-state index contributed by atoms with van der Waals surface area (Å²) < 4.78 is 5.52. The highest BCUT2D eigenvalue weighted by molar-refractivity contribution is 5.76. The molecule has 1 aromatic carbocycles. The van der Waals surface area contributed by atoms with Crippen molar-refractivity contribution in [3.63, 3.8) is 0 Å². The molecule has 2 rings (SSSR count). The fraction of sp³-hybridized carbons (Fsp3) is 0.533. The standard InChI is InChI=1S/C15H22N2O3/c16-13-4-1-5-14(9-13)20-8-6-15(19)17-7-2-3-12(10-17)11-18/h1,4-5,9,12,18H,2-3,6-8,10-11,16H2.